The number of ether oxygens (including phenoxy) is 2. The average Bonchev–Trinajstić information content (AvgIpc) is 2.80. The third-order valence-corrected chi connectivity index (χ3v) is 4.13. The van der Waals surface area contributed by atoms with E-state index in [1.165, 1.54) is 5.56 Å². The molecule has 4 nitrogen and oxygen atoms in total. The van der Waals surface area contributed by atoms with Crippen LogP contribution in [0.1, 0.15) is 23.6 Å². The van der Waals surface area contributed by atoms with Gasteiger partial charge in [0.15, 0.2) is 0 Å². The van der Waals surface area contributed by atoms with Gasteiger partial charge in [-0.25, -0.2) is 0 Å². The summed E-state index contributed by atoms with van der Waals surface area (Å²) in [6.45, 7) is 3.82. The summed E-state index contributed by atoms with van der Waals surface area (Å²) in [6.07, 6.45) is 1.10. The van der Waals surface area contributed by atoms with Crippen LogP contribution in [0.5, 0.6) is 11.5 Å². The summed E-state index contributed by atoms with van der Waals surface area (Å²) in [5, 5.41) is 0. The van der Waals surface area contributed by atoms with Crippen molar-refractivity contribution in [3.8, 4) is 11.5 Å². The van der Waals surface area contributed by atoms with Crippen molar-refractivity contribution in [1.29, 1.82) is 0 Å². The Morgan fingerprint density at radius 2 is 1.84 bits per heavy atom. The van der Waals surface area contributed by atoms with Gasteiger partial charge < -0.3 is 15.2 Å². The number of nitrogens with two attached hydrogens (primary N) is 1. The van der Waals surface area contributed by atoms with Gasteiger partial charge in [-0.3, -0.25) is 4.90 Å². The molecule has 2 unspecified atom stereocenters. The maximum atomic E-state index is 5.80. The van der Waals surface area contributed by atoms with E-state index < -0.39 is 0 Å². The second-order valence-electron chi connectivity index (χ2n) is 5.34. The summed E-state index contributed by atoms with van der Waals surface area (Å²) in [6, 6.07) is 4.65. The van der Waals surface area contributed by atoms with E-state index in [0.29, 0.717) is 12.0 Å². The molecular formula is C15H24N2O2. The van der Waals surface area contributed by atoms with Gasteiger partial charge in [0.2, 0.25) is 0 Å². The smallest absolute Gasteiger partial charge is 0.125 e. The minimum atomic E-state index is 0.400. The van der Waals surface area contributed by atoms with Crippen molar-refractivity contribution in [1.82, 2.24) is 4.90 Å². The fourth-order valence-electron chi connectivity index (χ4n) is 2.96. The number of likely N-dealkylation sites (tertiary alicyclic amines) is 1. The van der Waals surface area contributed by atoms with Crippen molar-refractivity contribution in [2.45, 2.75) is 19.4 Å². The molecule has 1 aliphatic heterocycles. The van der Waals surface area contributed by atoms with Crippen LogP contribution in [0.25, 0.3) is 0 Å². The molecule has 0 bridgehead atoms. The van der Waals surface area contributed by atoms with Gasteiger partial charge in [0.1, 0.15) is 11.5 Å². The fourth-order valence-corrected chi connectivity index (χ4v) is 2.96. The molecule has 0 radical (unpaired) electrons. The molecule has 2 atom stereocenters. The highest BCUT2D eigenvalue weighted by atomic mass is 16.5. The number of methoxy groups -OCH3 is 2. The maximum Gasteiger partial charge on any atom is 0.125 e. The van der Waals surface area contributed by atoms with Crippen molar-refractivity contribution in [3.05, 3.63) is 23.3 Å². The Hall–Kier alpha value is -1.26. The Labute approximate surface area is 115 Å². The predicted octanol–water partition coefficient (Wildman–Crippen LogP) is 1.96. The molecule has 2 N–H and O–H groups in total. The number of nitrogens with zero attached hydrogens (tertiary/aromatic N) is 1. The minimum Gasteiger partial charge on any atom is -0.496 e. The third kappa shape index (κ3) is 2.69. The summed E-state index contributed by atoms with van der Waals surface area (Å²) in [7, 11) is 5.55. The molecule has 106 valence electrons. The van der Waals surface area contributed by atoms with Gasteiger partial charge in [-0.2, -0.15) is 0 Å². The van der Waals surface area contributed by atoms with Crippen LogP contribution in [-0.4, -0.2) is 39.3 Å². The zero-order valence-corrected chi connectivity index (χ0v) is 12.3. The van der Waals surface area contributed by atoms with E-state index in [2.05, 4.69) is 24.1 Å². The lowest BCUT2D eigenvalue weighted by Crippen LogP contribution is -2.20. The molecule has 0 saturated carbocycles. The monoisotopic (exact) mass is 264 g/mol. The number of benzene rings is 1. The molecule has 1 heterocycles. The van der Waals surface area contributed by atoms with Crippen LogP contribution in [0.2, 0.25) is 0 Å². The van der Waals surface area contributed by atoms with Crippen molar-refractivity contribution < 1.29 is 9.47 Å². The molecule has 1 saturated heterocycles. The molecular weight excluding hydrogens is 240 g/mol. The SMILES string of the molecule is COc1cc(C2CC(CN)CN2C)cc(OC)c1C. The minimum absolute atomic E-state index is 0.400. The number of rotatable bonds is 4. The van der Waals surface area contributed by atoms with E-state index in [1.807, 2.05) is 6.92 Å². The van der Waals surface area contributed by atoms with Crippen LogP contribution in [-0.2, 0) is 0 Å². The first-order valence-corrected chi connectivity index (χ1v) is 6.73. The lowest BCUT2D eigenvalue weighted by atomic mass is 9.98. The molecule has 19 heavy (non-hydrogen) atoms. The lowest BCUT2D eigenvalue weighted by Gasteiger charge is -2.22. The Morgan fingerprint density at radius 1 is 1.26 bits per heavy atom. The first-order chi connectivity index (χ1) is 9.10. The quantitative estimate of drug-likeness (QED) is 0.903. The van der Waals surface area contributed by atoms with Crippen LogP contribution in [0.15, 0.2) is 12.1 Å². The highest BCUT2D eigenvalue weighted by Crippen LogP contribution is 2.39. The van der Waals surface area contributed by atoms with Crippen LogP contribution in [0.3, 0.4) is 0 Å². The normalized spacial score (nSPS) is 23.6. The standard InChI is InChI=1S/C15H24N2O2/c1-10-14(18-3)6-12(7-15(10)19-4)13-5-11(8-16)9-17(13)2/h6-7,11,13H,5,8-9,16H2,1-4H3. The Bertz CT molecular complexity index is 423. The lowest BCUT2D eigenvalue weighted by molar-refractivity contribution is 0.310. The summed E-state index contributed by atoms with van der Waals surface area (Å²) < 4.78 is 10.9. The molecule has 0 amide bonds. The summed E-state index contributed by atoms with van der Waals surface area (Å²) in [4.78, 5) is 2.36. The number of hydrogen-bond acceptors (Lipinski definition) is 4. The van der Waals surface area contributed by atoms with Gasteiger partial charge in [0, 0.05) is 18.2 Å². The summed E-state index contributed by atoms with van der Waals surface area (Å²) in [5.74, 6) is 2.35. The molecule has 1 aromatic rings. The summed E-state index contributed by atoms with van der Waals surface area (Å²) in [5.41, 5.74) is 8.09. The van der Waals surface area contributed by atoms with Crippen LogP contribution >= 0.6 is 0 Å². The van der Waals surface area contributed by atoms with Crippen molar-refractivity contribution >= 4 is 0 Å². The van der Waals surface area contributed by atoms with Gasteiger partial charge in [-0.1, -0.05) is 0 Å². The highest BCUT2D eigenvalue weighted by molar-refractivity contribution is 5.48. The van der Waals surface area contributed by atoms with E-state index in [-0.39, 0.29) is 0 Å². The molecule has 1 fully saturated rings. The maximum absolute atomic E-state index is 5.80. The van der Waals surface area contributed by atoms with Crippen molar-refractivity contribution in [3.63, 3.8) is 0 Å². The van der Waals surface area contributed by atoms with Crippen molar-refractivity contribution in [2.75, 3.05) is 34.4 Å². The van der Waals surface area contributed by atoms with Crippen LogP contribution < -0.4 is 15.2 Å². The summed E-state index contributed by atoms with van der Waals surface area (Å²) >= 11 is 0. The molecule has 4 heteroatoms. The third-order valence-electron chi connectivity index (χ3n) is 4.13. The zero-order chi connectivity index (χ0) is 14.0. The van der Waals surface area contributed by atoms with Gasteiger partial charge >= 0.3 is 0 Å². The van der Waals surface area contributed by atoms with Gasteiger partial charge in [-0.05, 0) is 50.6 Å². The number of hydrogen-bond donors (Lipinski definition) is 1. The van der Waals surface area contributed by atoms with Crippen molar-refractivity contribution in [2.24, 2.45) is 11.7 Å². The Morgan fingerprint density at radius 3 is 2.26 bits per heavy atom. The van der Waals surface area contributed by atoms with E-state index in [4.69, 9.17) is 15.2 Å². The van der Waals surface area contributed by atoms with E-state index >= 15 is 0 Å². The Kier molecular flexibility index (Phi) is 4.32. The van der Waals surface area contributed by atoms with Gasteiger partial charge in [-0.15, -0.1) is 0 Å². The topological polar surface area (TPSA) is 47.7 Å². The molecule has 1 aliphatic rings. The average molecular weight is 264 g/mol. The highest BCUT2D eigenvalue weighted by Gasteiger charge is 2.30. The van der Waals surface area contributed by atoms with E-state index in [1.54, 1.807) is 14.2 Å². The van der Waals surface area contributed by atoms with E-state index in [0.717, 1.165) is 36.6 Å². The molecule has 0 spiro atoms. The molecule has 0 aromatic heterocycles. The van der Waals surface area contributed by atoms with Crippen LogP contribution in [0, 0.1) is 12.8 Å². The first kappa shape index (κ1) is 14.2. The first-order valence-electron chi connectivity index (χ1n) is 6.73. The largest absolute Gasteiger partial charge is 0.496 e. The molecule has 0 aliphatic carbocycles. The fraction of sp³-hybridized carbons (Fsp3) is 0.600. The predicted molar refractivity (Wildman–Crippen MR) is 76.8 cm³/mol. The molecule has 2 rings (SSSR count). The zero-order valence-electron chi connectivity index (χ0n) is 12.3. The molecule has 1 aromatic carbocycles. The van der Waals surface area contributed by atoms with Gasteiger partial charge in [0.05, 0.1) is 14.2 Å². The second kappa shape index (κ2) is 5.80. The van der Waals surface area contributed by atoms with Crippen LogP contribution in [0.4, 0.5) is 0 Å². The Balaban J connectivity index is 2.34. The second-order valence-corrected chi connectivity index (χ2v) is 5.34. The van der Waals surface area contributed by atoms with E-state index in [9.17, 15) is 0 Å². The van der Waals surface area contributed by atoms with Gasteiger partial charge in [0.25, 0.3) is 0 Å².